The van der Waals surface area contributed by atoms with Crippen LogP contribution in [0.25, 0.3) is 0 Å². The van der Waals surface area contributed by atoms with E-state index in [0.29, 0.717) is 12.2 Å². The van der Waals surface area contributed by atoms with Crippen LogP contribution in [-0.2, 0) is 4.79 Å². The quantitative estimate of drug-likeness (QED) is 0.755. The SMILES string of the molecule is COc1cncc(C(N)CCC(=O)O)c1. The molecule has 0 aromatic carbocycles. The Morgan fingerprint density at radius 2 is 2.40 bits per heavy atom. The van der Waals surface area contributed by atoms with Crippen molar-refractivity contribution in [3.63, 3.8) is 0 Å². The number of hydrogen-bond donors (Lipinski definition) is 2. The van der Waals surface area contributed by atoms with Crippen LogP contribution in [0.1, 0.15) is 24.4 Å². The molecule has 0 fully saturated rings. The van der Waals surface area contributed by atoms with Crippen LogP contribution in [0, 0.1) is 0 Å². The van der Waals surface area contributed by atoms with E-state index in [1.807, 2.05) is 0 Å². The summed E-state index contributed by atoms with van der Waals surface area (Å²) in [4.78, 5) is 14.3. The van der Waals surface area contributed by atoms with Crippen molar-refractivity contribution in [3.05, 3.63) is 24.0 Å². The van der Waals surface area contributed by atoms with Gasteiger partial charge in [-0.3, -0.25) is 9.78 Å². The van der Waals surface area contributed by atoms with Gasteiger partial charge in [-0.25, -0.2) is 0 Å². The highest BCUT2D eigenvalue weighted by molar-refractivity contribution is 5.66. The molecule has 1 unspecified atom stereocenters. The lowest BCUT2D eigenvalue weighted by Gasteiger charge is -2.10. The topological polar surface area (TPSA) is 85.4 Å². The molecule has 5 heteroatoms. The predicted octanol–water partition coefficient (Wildman–Crippen LogP) is 0.955. The highest BCUT2D eigenvalue weighted by Crippen LogP contribution is 2.19. The molecule has 0 amide bonds. The fourth-order valence-electron chi connectivity index (χ4n) is 1.20. The number of pyridine rings is 1. The van der Waals surface area contributed by atoms with Crippen molar-refractivity contribution >= 4 is 5.97 Å². The number of carboxylic acids is 1. The summed E-state index contributed by atoms with van der Waals surface area (Å²) in [5.74, 6) is -0.223. The number of hydrogen-bond acceptors (Lipinski definition) is 4. The molecule has 0 radical (unpaired) electrons. The summed E-state index contributed by atoms with van der Waals surface area (Å²) in [5.41, 5.74) is 6.60. The first-order valence-electron chi connectivity index (χ1n) is 4.60. The molecule has 15 heavy (non-hydrogen) atoms. The zero-order valence-electron chi connectivity index (χ0n) is 8.51. The largest absolute Gasteiger partial charge is 0.495 e. The van der Waals surface area contributed by atoms with Gasteiger partial charge in [-0.05, 0) is 18.1 Å². The lowest BCUT2D eigenvalue weighted by atomic mass is 10.1. The molecule has 0 aliphatic rings. The van der Waals surface area contributed by atoms with Gasteiger partial charge in [-0.1, -0.05) is 0 Å². The molecule has 0 saturated heterocycles. The smallest absolute Gasteiger partial charge is 0.303 e. The Labute approximate surface area is 87.9 Å². The van der Waals surface area contributed by atoms with Gasteiger partial charge in [0, 0.05) is 18.7 Å². The second-order valence-electron chi connectivity index (χ2n) is 3.20. The number of rotatable bonds is 5. The second-order valence-corrected chi connectivity index (χ2v) is 3.20. The van der Waals surface area contributed by atoms with Crippen molar-refractivity contribution in [1.82, 2.24) is 4.98 Å². The van der Waals surface area contributed by atoms with Crippen LogP contribution < -0.4 is 10.5 Å². The number of nitrogens with zero attached hydrogens (tertiary/aromatic N) is 1. The molecular formula is C10H14N2O3. The van der Waals surface area contributed by atoms with E-state index >= 15 is 0 Å². The zero-order valence-corrected chi connectivity index (χ0v) is 8.51. The third-order valence-corrected chi connectivity index (χ3v) is 2.07. The fourth-order valence-corrected chi connectivity index (χ4v) is 1.20. The standard InChI is InChI=1S/C10H14N2O3/c1-15-8-4-7(5-12-6-8)9(11)2-3-10(13)14/h4-6,9H,2-3,11H2,1H3,(H,13,14). The molecule has 1 aromatic rings. The summed E-state index contributed by atoms with van der Waals surface area (Å²) < 4.78 is 5.00. The van der Waals surface area contributed by atoms with Crippen LogP contribution in [-0.4, -0.2) is 23.2 Å². The van der Waals surface area contributed by atoms with E-state index in [-0.39, 0.29) is 12.5 Å². The van der Waals surface area contributed by atoms with Crippen molar-refractivity contribution in [2.75, 3.05) is 7.11 Å². The van der Waals surface area contributed by atoms with Gasteiger partial charge in [0.25, 0.3) is 0 Å². The van der Waals surface area contributed by atoms with Gasteiger partial charge in [0.1, 0.15) is 5.75 Å². The van der Waals surface area contributed by atoms with Crippen LogP contribution in [0.4, 0.5) is 0 Å². The first-order valence-corrected chi connectivity index (χ1v) is 4.60. The van der Waals surface area contributed by atoms with Crippen LogP contribution in [0.3, 0.4) is 0 Å². The first-order chi connectivity index (χ1) is 7.13. The van der Waals surface area contributed by atoms with Crippen molar-refractivity contribution in [2.45, 2.75) is 18.9 Å². The van der Waals surface area contributed by atoms with Crippen molar-refractivity contribution < 1.29 is 14.6 Å². The summed E-state index contributed by atoms with van der Waals surface area (Å²) in [6, 6.07) is 1.45. The molecule has 5 nitrogen and oxygen atoms in total. The lowest BCUT2D eigenvalue weighted by molar-refractivity contribution is -0.137. The minimum atomic E-state index is -0.846. The number of aromatic nitrogens is 1. The van der Waals surface area contributed by atoms with E-state index in [1.54, 1.807) is 25.6 Å². The summed E-state index contributed by atoms with van der Waals surface area (Å²) >= 11 is 0. The maximum atomic E-state index is 10.4. The van der Waals surface area contributed by atoms with Crippen molar-refractivity contribution in [2.24, 2.45) is 5.73 Å². The molecule has 0 aliphatic heterocycles. The number of carboxylic acid groups (broad SMARTS) is 1. The predicted molar refractivity (Wildman–Crippen MR) is 54.6 cm³/mol. The average Bonchev–Trinajstić information content (AvgIpc) is 2.26. The van der Waals surface area contributed by atoms with E-state index in [4.69, 9.17) is 15.6 Å². The van der Waals surface area contributed by atoms with E-state index in [1.165, 1.54) is 0 Å². The molecule has 0 aliphatic carbocycles. The zero-order chi connectivity index (χ0) is 11.3. The van der Waals surface area contributed by atoms with Gasteiger partial charge < -0.3 is 15.6 Å². The molecule has 0 bridgehead atoms. The van der Waals surface area contributed by atoms with Gasteiger partial charge in [-0.15, -0.1) is 0 Å². The Morgan fingerprint density at radius 1 is 1.67 bits per heavy atom. The molecule has 1 aromatic heterocycles. The van der Waals surface area contributed by atoms with Gasteiger partial charge in [0.15, 0.2) is 0 Å². The molecule has 3 N–H and O–H groups in total. The maximum absolute atomic E-state index is 10.4. The summed E-state index contributed by atoms with van der Waals surface area (Å²) in [5, 5.41) is 8.51. The Morgan fingerprint density at radius 3 is 3.00 bits per heavy atom. The highest BCUT2D eigenvalue weighted by atomic mass is 16.5. The van der Waals surface area contributed by atoms with Crippen LogP contribution in [0.15, 0.2) is 18.5 Å². The molecule has 0 spiro atoms. The maximum Gasteiger partial charge on any atom is 0.303 e. The third-order valence-electron chi connectivity index (χ3n) is 2.07. The third kappa shape index (κ3) is 3.55. The Kier molecular flexibility index (Phi) is 4.05. The fraction of sp³-hybridized carbons (Fsp3) is 0.400. The Hall–Kier alpha value is -1.62. The summed E-state index contributed by atoms with van der Waals surface area (Å²) in [6.45, 7) is 0. The van der Waals surface area contributed by atoms with E-state index in [9.17, 15) is 4.79 Å². The normalized spacial score (nSPS) is 12.1. The Balaban J connectivity index is 2.64. The van der Waals surface area contributed by atoms with E-state index in [0.717, 1.165) is 5.56 Å². The minimum absolute atomic E-state index is 0.0539. The van der Waals surface area contributed by atoms with Crippen molar-refractivity contribution in [1.29, 1.82) is 0 Å². The van der Waals surface area contributed by atoms with Crippen LogP contribution >= 0.6 is 0 Å². The number of methoxy groups -OCH3 is 1. The minimum Gasteiger partial charge on any atom is -0.495 e. The number of ether oxygens (including phenoxy) is 1. The van der Waals surface area contributed by atoms with Gasteiger partial charge >= 0.3 is 5.97 Å². The van der Waals surface area contributed by atoms with E-state index < -0.39 is 5.97 Å². The molecular weight excluding hydrogens is 196 g/mol. The monoisotopic (exact) mass is 210 g/mol. The highest BCUT2D eigenvalue weighted by Gasteiger charge is 2.09. The van der Waals surface area contributed by atoms with Crippen LogP contribution in [0.2, 0.25) is 0 Å². The number of carbonyl (C=O) groups is 1. The molecule has 1 rings (SSSR count). The van der Waals surface area contributed by atoms with Crippen molar-refractivity contribution in [3.8, 4) is 5.75 Å². The van der Waals surface area contributed by atoms with Gasteiger partial charge in [-0.2, -0.15) is 0 Å². The summed E-state index contributed by atoms with van der Waals surface area (Å²) in [7, 11) is 1.55. The van der Waals surface area contributed by atoms with Crippen LogP contribution in [0.5, 0.6) is 5.75 Å². The number of aliphatic carboxylic acids is 1. The second kappa shape index (κ2) is 5.31. The van der Waals surface area contributed by atoms with Gasteiger partial charge in [0.2, 0.25) is 0 Å². The number of nitrogens with two attached hydrogens (primary N) is 1. The molecule has 1 atom stereocenters. The first kappa shape index (κ1) is 11.5. The van der Waals surface area contributed by atoms with Gasteiger partial charge in [0.05, 0.1) is 13.3 Å². The molecule has 82 valence electrons. The molecule has 0 saturated carbocycles. The molecule has 1 heterocycles. The van der Waals surface area contributed by atoms with E-state index in [2.05, 4.69) is 4.98 Å². The average molecular weight is 210 g/mol. The Bertz CT molecular complexity index is 341. The lowest BCUT2D eigenvalue weighted by Crippen LogP contribution is -2.12. The summed E-state index contributed by atoms with van der Waals surface area (Å²) in [6.07, 6.45) is 3.64.